The molecule has 3 heteroatoms. The van der Waals surface area contributed by atoms with E-state index in [-0.39, 0.29) is 0 Å². The van der Waals surface area contributed by atoms with E-state index in [2.05, 4.69) is 30.9 Å². The highest BCUT2D eigenvalue weighted by molar-refractivity contribution is 8.29. The van der Waals surface area contributed by atoms with E-state index in [1.807, 2.05) is 0 Å². The summed E-state index contributed by atoms with van der Waals surface area (Å²) in [6.45, 7) is 7.39. The summed E-state index contributed by atoms with van der Waals surface area (Å²) >= 11 is 2.28. The zero-order valence-corrected chi connectivity index (χ0v) is 12.8. The Labute approximate surface area is 105 Å². The molecular weight excluding hydrogens is 230 g/mol. The van der Waals surface area contributed by atoms with Crippen LogP contribution in [0.2, 0.25) is 19.6 Å². The van der Waals surface area contributed by atoms with E-state index in [1.54, 1.807) is 5.71 Å². The highest BCUT2D eigenvalue weighted by Gasteiger charge is 2.27. The molecule has 1 unspecified atom stereocenters. The molecule has 0 amide bonds. The summed E-state index contributed by atoms with van der Waals surface area (Å²) in [6, 6.07) is 0.700. The second-order valence-electron chi connectivity index (χ2n) is 6.23. The van der Waals surface area contributed by atoms with Gasteiger partial charge in [0.1, 0.15) is 7.22 Å². The van der Waals surface area contributed by atoms with Crippen LogP contribution in [0.25, 0.3) is 0 Å². The highest BCUT2D eigenvalue weighted by Crippen LogP contribution is 2.35. The summed E-state index contributed by atoms with van der Waals surface area (Å²) in [5.41, 5.74) is 1.54. The number of aliphatic imine (C=N–C) groups is 1. The van der Waals surface area contributed by atoms with Crippen LogP contribution in [0.1, 0.15) is 44.9 Å². The molecule has 0 bridgehead atoms. The number of hydrogen-bond acceptors (Lipinski definition) is 2. The van der Waals surface area contributed by atoms with Crippen molar-refractivity contribution in [1.29, 1.82) is 0 Å². The van der Waals surface area contributed by atoms with Gasteiger partial charge in [-0.3, -0.25) is 4.99 Å². The van der Waals surface area contributed by atoms with Gasteiger partial charge in [-0.1, -0.05) is 32.5 Å². The van der Waals surface area contributed by atoms with Gasteiger partial charge < -0.3 is 0 Å². The lowest BCUT2D eigenvalue weighted by atomic mass is 10.2. The van der Waals surface area contributed by atoms with Crippen LogP contribution in [0.5, 0.6) is 0 Å². The van der Waals surface area contributed by atoms with E-state index >= 15 is 0 Å². The van der Waals surface area contributed by atoms with Crippen LogP contribution in [0.4, 0.5) is 0 Å². The second-order valence-corrected chi connectivity index (χ2v) is 15.7. The van der Waals surface area contributed by atoms with Crippen molar-refractivity contribution < 1.29 is 0 Å². The fraction of sp³-hybridized carbons (Fsp3) is 0.923. The maximum atomic E-state index is 4.97. The largest absolute Gasteiger partial charge is 0.291 e. The van der Waals surface area contributed by atoms with E-state index in [4.69, 9.17) is 4.99 Å². The van der Waals surface area contributed by atoms with Gasteiger partial charge in [-0.25, -0.2) is 0 Å². The summed E-state index contributed by atoms with van der Waals surface area (Å²) < 4.78 is 0. The molecule has 0 aromatic rings. The van der Waals surface area contributed by atoms with Gasteiger partial charge in [0, 0.05) is 17.0 Å². The molecule has 0 N–H and O–H groups in total. The Hall–Kier alpha value is 0.237. The van der Waals surface area contributed by atoms with E-state index in [0.717, 1.165) is 5.25 Å². The quantitative estimate of drug-likeness (QED) is 0.677. The molecule has 1 nitrogen and oxygen atoms in total. The Kier molecular flexibility index (Phi) is 4.17. The molecule has 16 heavy (non-hydrogen) atoms. The smallest absolute Gasteiger partial charge is 0.108 e. The Morgan fingerprint density at radius 1 is 1.12 bits per heavy atom. The Balaban J connectivity index is 1.83. The summed E-state index contributed by atoms with van der Waals surface area (Å²) in [5, 5.41) is 0.895. The third-order valence-electron chi connectivity index (χ3n) is 3.43. The van der Waals surface area contributed by atoms with Gasteiger partial charge in [-0.15, -0.1) is 0 Å². The van der Waals surface area contributed by atoms with Gasteiger partial charge in [0.15, 0.2) is 0 Å². The van der Waals surface area contributed by atoms with Crippen LogP contribution in [0.15, 0.2) is 4.99 Å². The molecule has 0 spiro atoms. The van der Waals surface area contributed by atoms with E-state index < -0.39 is 7.22 Å². The lowest BCUT2D eigenvalue weighted by Crippen LogP contribution is -2.19. The molecule has 0 radical (unpaired) electrons. The highest BCUT2D eigenvalue weighted by atomic mass is 32.4. The molecule has 0 aliphatic heterocycles. The summed E-state index contributed by atoms with van der Waals surface area (Å²) in [7, 11) is -0.934. The first-order valence-electron chi connectivity index (χ1n) is 6.76. The number of nitrogens with zero attached hydrogens (tertiary/aromatic N) is 1. The third kappa shape index (κ3) is 3.92. The predicted octanol–water partition coefficient (Wildman–Crippen LogP) is 4.49. The minimum atomic E-state index is -0.934. The summed E-state index contributed by atoms with van der Waals surface area (Å²) in [4.78, 5) is 4.97. The van der Waals surface area contributed by atoms with Crippen LogP contribution in [0.3, 0.4) is 0 Å². The maximum Gasteiger partial charge on any atom is 0.108 e. The van der Waals surface area contributed by atoms with Crippen molar-refractivity contribution in [3.05, 3.63) is 0 Å². The number of hydrogen-bond donors (Lipinski definition) is 0. The van der Waals surface area contributed by atoms with Crippen molar-refractivity contribution in [3.8, 4) is 0 Å². The molecular formula is C13H25NSSi. The van der Waals surface area contributed by atoms with Gasteiger partial charge in [0.05, 0.1) is 0 Å². The molecule has 0 aromatic carbocycles. The normalized spacial score (nSPS) is 30.4. The Morgan fingerprint density at radius 3 is 2.44 bits per heavy atom. The molecule has 2 rings (SSSR count). The van der Waals surface area contributed by atoms with Crippen molar-refractivity contribution in [2.75, 3.05) is 0 Å². The van der Waals surface area contributed by atoms with Crippen molar-refractivity contribution in [2.45, 2.75) is 75.9 Å². The molecule has 0 aromatic heterocycles. The maximum absolute atomic E-state index is 4.97. The standard InChI is InChI=1S/C13H25NSSi/c1-16(2,3)15-13-9-8-12(10-13)14-11-6-4-5-7-11/h11,13H,4-10H2,1-3H3/b14-12+. The van der Waals surface area contributed by atoms with Crippen LogP contribution < -0.4 is 0 Å². The molecule has 2 fully saturated rings. The summed E-state index contributed by atoms with van der Waals surface area (Å²) in [6.07, 6.45) is 9.51. The van der Waals surface area contributed by atoms with Crippen molar-refractivity contribution >= 4 is 24.1 Å². The predicted molar refractivity (Wildman–Crippen MR) is 78.3 cm³/mol. The average molecular weight is 256 g/mol. The van der Waals surface area contributed by atoms with Crippen LogP contribution in [0, 0.1) is 0 Å². The van der Waals surface area contributed by atoms with E-state index in [9.17, 15) is 0 Å². The molecule has 0 saturated heterocycles. The lowest BCUT2D eigenvalue weighted by molar-refractivity contribution is 0.703. The molecule has 0 heterocycles. The third-order valence-corrected chi connectivity index (χ3v) is 7.99. The average Bonchev–Trinajstić information content (AvgIpc) is 2.75. The van der Waals surface area contributed by atoms with Crippen LogP contribution in [-0.4, -0.2) is 24.2 Å². The zero-order chi connectivity index (χ0) is 11.6. The van der Waals surface area contributed by atoms with Gasteiger partial charge >= 0.3 is 0 Å². The number of rotatable bonds is 3. The van der Waals surface area contributed by atoms with Crippen molar-refractivity contribution in [2.24, 2.45) is 4.99 Å². The Morgan fingerprint density at radius 2 is 1.81 bits per heavy atom. The van der Waals surface area contributed by atoms with Gasteiger partial charge in [0.2, 0.25) is 0 Å². The minimum absolute atomic E-state index is 0.700. The van der Waals surface area contributed by atoms with E-state index in [1.165, 1.54) is 44.9 Å². The molecule has 2 aliphatic carbocycles. The monoisotopic (exact) mass is 255 g/mol. The first kappa shape index (κ1) is 12.7. The SMILES string of the molecule is C[Si](C)(C)SC1CC/C(=N\C2CCCC2)C1. The molecule has 92 valence electrons. The summed E-state index contributed by atoms with van der Waals surface area (Å²) in [5.74, 6) is 0. The van der Waals surface area contributed by atoms with E-state index in [0.29, 0.717) is 6.04 Å². The molecule has 2 aliphatic rings. The van der Waals surface area contributed by atoms with Gasteiger partial charge in [-0.2, -0.15) is 11.2 Å². The fourth-order valence-electron chi connectivity index (χ4n) is 2.80. The van der Waals surface area contributed by atoms with Crippen molar-refractivity contribution in [3.63, 3.8) is 0 Å². The lowest BCUT2D eigenvalue weighted by Gasteiger charge is -2.19. The Bertz CT molecular complexity index is 264. The molecule has 1 atom stereocenters. The fourth-order valence-corrected chi connectivity index (χ4v) is 7.92. The first-order chi connectivity index (χ1) is 7.53. The second kappa shape index (κ2) is 5.26. The van der Waals surface area contributed by atoms with Crippen molar-refractivity contribution in [1.82, 2.24) is 0 Å². The van der Waals surface area contributed by atoms with Gasteiger partial charge in [0.25, 0.3) is 0 Å². The van der Waals surface area contributed by atoms with Crippen LogP contribution in [-0.2, 0) is 0 Å². The van der Waals surface area contributed by atoms with Gasteiger partial charge in [-0.05, 0) is 32.1 Å². The zero-order valence-electron chi connectivity index (χ0n) is 11.0. The van der Waals surface area contributed by atoms with Crippen LogP contribution >= 0.6 is 11.2 Å². The topological polar surface area (TPSA) is 12.4 Å². The molecule has 2 saturated carbocycles. The minimum Gasteiger partial charge on any atom is -0.291 e. The first-order valence-corrected chi connectivity index (χ1v) is 11.9.